The minimum absolute atomic E-state index is 0.100. The second-order valence-electron chi connectivity index (χ2n) is 12.8. The van der Waals surface area contributed by atoms with Crippen molar-refractivity contribution in [1.82, 2.24) is 34.6 Å². The van der Waals surface area contributed by atoms with Gasteiger partial charge in [-0.3, -0.25) is 10.00 Å². The van der Waals surface area contributed by atoms with E-state index < -0.39 is 0 Å². The Labute approximate surface area is 283 Å². The van der Waals surface area contributed by atoms with Gasteiger partial charge < -0.3 is 14.0 Å². The molecule has 0 aliphatic carbocycles. The molecule has 3 aromatic heterocycles. The Morgan fingerprint density at radius 2 is 1.91 bits per heavy atom. The average Bonchev–Trinajstić information content (AvgIpc) is 3.66. The number of fused-ring (bicyclic) bond motifs is 1. The van der Waals surface area contributed by atoms with Gasteiger partial charge in [0.15, 0.2) is 5.82 Å². The van der Waals surface area contributed by atoms with Crippen LogP contribution in [0.1, 0.15) is 56.1 Å². The number of halogens is 2. The SMILES string of the molecule is CC(C)CSc1n[nH]c(-c2ccc3c(c2)nc(CN2CCC(c4cccc(OCc5ccc(Cl)cc5F)n4)CC2)n3C[C@@H]2CCO2)n1. The van der Waals surface area contributed by atoms with E-state index in [2.05, 4.69) is 57.8 Å². The monoisotopic (exact) mass is 675 g/mol. The molecule has 2 saturated heterocycles. The highest BCUT2D eigenvalue weighted by atomic mass is 35.5. The molecule has 2 aliphatic heterocycles. The smallest absolute Gasteiger partial charge is 0.213 e. The third-order valence-corrected chi connectivity index (χ3v) is 10.3. The van der Waals surface area contributed by atoms with Gasteiger partial charge in [0.05, 0.1) is 30.2 Å². The molecule has 0 amide bonds. The Balaban J connectivity index is 1.02. The van der Waals surface area contributed by atoms with Crippen molar-refractivity contribution in [2.45, 2.75) is 70.0 Å². The van der Waals surface area contributed by atoms with Crippen LogP contribution in [0.5, 0.6) is 5.88 Å². The first-order valence-electron chi connectivity index (χ1n) is 16.3. The Kier molecular flexibility index (Phi) is 9.76. The van der Waals surface area contributed by atoms with Crippen LogP contribution < -0.4 is 4.74 Å². The van der Waals surface area contributed by atoms with Gasteiger partial charge in [-0.15, -0.1) is 5.10 Å². The third kappa shape index (κ3) is 7.64. The molecule has 5 heterocycles. The summed E-state index contributed by atoms with van der Waals surface area (Å²) >= 11 is 7.55. The summed E-state index contributed by atoms with van der Waals surface area (Å²) in [6.07, 6.45) is 3.27. The van der Waals surface area contributed by atoms with Crippen LogP contribution in [-0.4, -0.2) is 66.2 Å². The van der Waals surface area contributed by atoms with E-state index in [0.717, 1.165) is 96.9 Å². The van der Waals surface area contributed by atoms with Crippen molar-refractivity contribution in [3.63, 3.8) is 0 Å². The topological polar surface area (TPSA) is 94.0 Å². The molecule has 246 valence electrons. The highest BCUT2D eigenvalue weighted by molar-refractivity contribution is 7.99. The zero-order chi connectivity index (χ0) is 32.3. The van der Waals surface area contributed by atoms with Crippen molar-refractivity contribution in [1.29, 1.82) is 0 Å². The summed E-state index contributed by atoms with van der Waals surface area (Å²) in [5.41, 5.74) is 4.51. The lowest BCUT2D eigenvalue weighted by atomic mass is 9.93. The number of piperidine rings is 1. The number of benzene rings is 2. The summed E-state index contributed by atoms with van der Waals surface area (Å²) in [6.45, 7) is 8.77. The Bertz CT molecular complexity index is 1830. The number of rotatable bonds is 12. The van der Waals surface area contributed by atoms with E-state index in [9.17, 15) is 4.39 Å². The summed E-state index contributed by atoms with van der Waals surface area (Å²) in [5.74, 6) is 3.83. The van der Waals surface area contributed by atoms with Gasteiger partial charge in [-0.1, -0.05) is 49.3 Å². The molecule has 1 atom stereocenters. The highest BCUT2D eigenvalue weighted by Gasteiger charge is 2.26. The summed E-state index contributed by atoms with van der Waals surface area (Å²) < 4.78 is 28.2. The van der Waals surface area contributed by atoms with Crippen molar-refractivity contribution >= 4 is 34.4 Å². The summed E-state index contributed by atoms with van der Waals surface area (Å²) in [6, 6.07) is 16.8. The first-order chi connectivity index (χ1) is 22.9. The number of H-pyrrole nitrogens is 1. The zero-order valence-corrected chi connectivity index (χ0v) is 28.2. The van der Waals surface area contributed by atoms with Crippen LogP contribution in [0.3, 0.4) is 0 Å². The normalized spacial score (nSPS) is 17.4. The maximum absolute atomic E-state index is 14.2. The molecule has 7 rings (SSSR count). The van der Waals surface area contributed by atoms with E-state index >= 15 is 0 Å². The van der Waals surface area contributed by atoms with Crippen molar-refractivity contribution in [2.24, 2.45) is 5.92 Å². The average molecular weight is 676 g/mol. The van der Waals surface area contributed by atoms with Crippen LogP contribution in [-0.2, 0) is 24.4 Å². The molecule has 0 unspecified atom stereocenters. The maximum Gasteiger partial charge on any atom is 0.213 e. The number of thioether (sulfide) groups is 1. The number of hydrogen-bond donors (Lipinski definition) is 1. The molecule has 0 spiro atoms. The van der Waals surface area contributed by atoms with E-state index in [1.165, 1.54) is 6.07 Å². The fourth-order valence-corrected chi connectivity index (χ4v) is 6.99. The molecule has 0 saturated carbocycles. The zero-order valence-electron chi connectivity index (χ0n) is 26.7. The van der Waals surface area contributed by atoms with E-state index in [0.29, 0.717) is 28.3 Å². The number of pyridine rings is 1. The van der Waals surface area contributed by atoms with E-state index in [-0.39, 0.29) is 18.5 Å². The number of nitrogens with zero attached hydrogens (tertiary/aromatic N) is 6. The molecular weight excluding hydrogens is 637 g/mol. The number of imidazole rings is 1. The molecule has 5 aromatic rings. The lowest BCUT2D eigenvalue weighted by molar-refractivity contribution is -0.0592. The van der Waals surface area contributed by atoms with Gasteiger partial charge in [0.25, 0.3) is 0 Å². The minimum Gasteiger partial charge on any atom is -0.473 e. The van der Waals surface area contributed by atoms with Gasteiger partial charge in [0, 0.05) is 46.2 Å². The molecular formula is C35H39ClFN7O2S. The summed E-state index contributed by atoms with van der Waals surface area (Å²) in [4.78, 5) is 17.1. The Morgan fingerprint density at radius 1 is 1.06 bits per heavy atom. The fourth-order valence-electron chi connectivity index (χ4n) is 6.08. The largest absolute Gasteiger partial charge is 0.473 e. The molecule has 0 bridgehead atoms. The maximum atomic E-state index is 14.2. The van der Waals surface area contributed by atoms with Gasteiger partial charge >= 0.3 is 0 Å². The first kappa shape index (κ1) is 32.1. The lowest BCUT2D eigenvalue weighted by Gasteiger charge is -2.32. The van der Waals surface area contributed by atoms with Gasteiger partial charge in [-0.05, 0) is 74.7 Å². The Morgan fingerprint density at radius 3 is 2.68 bits per heavy atom. The van der Waals surface area contributed by atoms with Crippen LogP contribution in [0.2, 0.25) is 5.02 Å². The molecule has 12 heteroatoms. The fraction of sp³-hybridized carbons (Fsp3) is 0.429. The van der Waals surface area contributed by atoms with Gasteiger partial charge in [0.2, 0.25) is 11.0 Å². The molecule has 47 heavy (non-hydrogen) atoms. The molecule has 2 fully saturated rings. The second kappa shape index (κ2) is 14.3. The van der Waals surface area contributed by atoms with Crippen LogP contribution in [0.15, 0.2) is 59.8 Å². The lowest BCUT2D eigenvalue weighted by Crippen LogP contribution is -2.35. The number of aromatic nitrogens is 6. The molecule has 2 aromatic carbocycles. The minimum atomic E-state index is -0.379. The van der Waals surface area contributed by atoms with Crippen molar-refractivity contribution in [3.8, 4) is 17.3 Å². The van der Waals surface area contributed by atoms with Crippen LogP contribution in [0, 0.1) is 11.7 Å². The quantitative estimate of drug-likeness (QED) is 0.136. The summed E-state index contributed by atoms with van der Waals surface area (Å²) in [7, 11) is 0. The van der Waals surface area contributed by atoms with E-state index in [1.54, 1.807) is 23.9 Å². The van der Waals surface area contributed by atoms with Gasteiger partial charge in [-0.25, -0.2) is 19.3 Å². The van der Waals surface area contributed by atoms with E-state index in [1.807, 2.05) is 12.1 Å². The number of aromatic amines is 1. The number of ether oxygens (including phenoxy) is 2. The van der Waals surface area contributed by atoms with Crippen molar-refractivity contribution in [3.05, 3.63) is 82.5 Å². The highest BCUT2D eigenvalue weighted by Crippen LogP contribution is 2.31. The van der Waals surface area contributed by atoms with Gasteiger partial charge in [-0.2, -0.15) is 0 Å². The van der Waals surface area contributed by atoms with Crippen LogP contribution in [0.4, 0.5) is 4.39 Å². The van der Waals surface area contributed by atoms with E-state index in [4.69, 9.17) is 36.0 Å². The predicted octanol–water partition coefficient (Wildman–Crippen LogP) is 7.50. The van der Waals surface area contributed by atoms with Crippen LogP contribution in [0.25, 0.3) is 22.4 Å². The first-order valence-corrected chi connectivity index (χ1v) is 17.7. The molecule has 0 radical (unpaired) electrons. The van der Waals surface area contributed by atoms with Crippen molar-refractivity contribution in [2.75, 3.05) is 25.4 Å². The van der Waals surface area contributed by atoms with Crippen LogP contribution >= 0.6 is 23.4 Å². The number of nitrogens with one attached hydrogen (secondary N) is 1. The summed E-state index contributed by atoms with van der Waals surface area (Å²) in [5, 5.41) is 8.66. The predicted molar refractivity (Wildman–Crippen MR) is 182 cm³/mol. The number of hydrogen-bond acceptors (Lipinski definition) is 8. The van der Waals surface area contributed by atoms with Crippen molar-refractivity contribution < 1.29 is 13.9 Å². The standard InChI is InChI=1S/C35H39ClFN7O2S/c1-22(2)21-47-35-40-34(41-42-35)24-7-9-31-30(16-24)38-32(44(31)18-27-12-15-45-27)19-43-13-10-23(11-14-43)29-4-3-5-33(39-29)46-20-25-6-8-26(36)17-28(25)37/h3-9,16-17,22-23,27H,10-15,18-21H2,1-2H3,(H,40,41,42)/t27-/m0/s1. The molecule has 2 aliphatic rings. The Hall–Kier alpha value is -3.51. The second-order valence-corrected chi connectivity index (χ2v) is 14.2. The number of likely N-dealkylation sites (tertiary alicyclic amines) is 1. The van der Waals surface area contributed by atoms with Gasteiger partial charge in [0.1, 0.15) is 18.2 Å². The molecule has 1 N–H and O–H groups in total. The molecule has 9 nitrogen and oxygen atoms in total. The third-order valence-electron chi connectivity index (χ3n) is 8.80.